The average molecular weight is 290 g/mol. The molecule has 2 N–H and O–H groups in total. The number of hydrogen-bond acceptors (Lipinski definition) is 3. The van der Waals surface area contributed by atoms with Gasteiger partial charge in [0.25, 0.3) is 0 Å². The number of carbonyl (C=O) groups is 1. The monoisotopic (exact) mass is 290 g/mol. The van der Waals surface area contributed by atoms with Crippen LogP contribution in [0.1, 0.15) is 40.0 Å². The van der Waals surface area contributed by atoms with Gasteiger partial charge in [-0.3, -0.25) is 4.79 Å². The van der Waals surface area contributed by atoms with E-state index in [-0.39, 0.29) is 17.4 Å². The van der Waals surface area contributed by atoms with Crippen LogP contribution in [0.4, 0.5) is 5.69 Å². The van der Waals surface area contributed by atoms with Crippen molar-refractivity contribution in [1.29, 1.82) is 0 Å². The van der Waals surface area contributed by atoms with Crippen molar-refractivity contribution in [3.63, 3.8) is 0 Å². The third-order valence-electron chi connectivity index (χ3n) is 3.96. The highest BCUT2D eigenvalue weighted by atomic mass is 16.5. The first-order valence-corrected chi connectivity index (χ1v) is 7.80. The van der Waals surface area contributed by atoms with Crippen molar-refractivity contribution in [2.45, 2.75) is 46.1 Å². The van der Waals surface area contributed by atoms with E-state index in [1.807, 2.05) is 24.3 Å². The molecule has 21 heavy (non-hydrogen) atoms. The summed E-state index contributed by atoms with van der Waals surface area (Å²) in [6, 6.07) is 7.44. The lowest BCUT2D eigenvalue weighted by Gasteiger charge is -2.38. The smallest absolute Gasteiger partial charge is 0.242 e. The number of anilines is 1. The molecule has 4 heteroatoms. The van der Waals surface area contributed by atoms with Gasteiger partial charge in [0.15, 0.2) is 0 Å². The number of benzene rings is 1. The molecule has 1 aromatic carbocycles. The molecular formula is C17H26N2O2. The van der Waals surface area contributed by atoms with Crippen LogP contribution in [0, 0.1) is 5.41 Å². The summed E-state index contributed by atoms with van der Waals surface area (Å²) in [6.07, 6.45) is 3.16. The van der Waals surface area contributed by atoms with Crippen molar-refractivity contribution in [3.05, 3.63) is 24.3 Å². The Morgan fingerprint density at radius 2 is 2.29 bits per heavy atom. The van der Waals surface area contributed by atoms with Gasteiger partial charge in [0.2, 0.25) is 5.91 Å². The number of rotatable bonds is 5. The second kappa shape index (κ2) is 6.94. The van der Waals surface area contributed by atoms with E-state index >= 15 is 0 Å². The summed E-state index contributed by atoms with van der Waals surface area (Å²) in [7, 11) is 0. The zero-order valence-corrected chi connectivity index (χ0v) is 13.2. The lowest BCUT2D eigenvalue weighted by molar-refractivity contribution is -0.121. The maximum absolute atomic E-state index is 12.5. The molecule has 1 fully saturated rings. The number of hydrogen-bond donors (Lipinski definition) is 2. The number of amides is 1. The van der Waals surface area contributed by atoms with Gasteiger partial charge in [-0.2, -0.15) is 0 Å². The first-order valence-electron chi connectivity index (χ1n) is 7.80. The van der Waals surface area contributed by atoms with Gasteiger partial charge in [0, 0.05) is 11.8 Å². The maximum atomic E-state index is 12.5. The molecule has 0 bridgehead atoms. The fourth-order valence-electron chi connectivity index (χ4n) is 2.76. The standard InChI is InChI=1S/C17H26N2O2/c1-4-11-21-14-8-5-7-13(12-14)19-16(20)15-17(2,3)9-6-10-18-15/h5,7-8,12,15,18H,4,6,9-11H2,1-3H3,(H,19,20). The summed E-state index contributed by atoms with van der Waals surface area (Å²) in [5.41, 5.74) is 0.773. The van der Waals surface area contributed by atoms with E-state index in [2.05, 4.69) is 31.4 Å². The Bertz CT molecular complexity index is 485. The topological polar surface area (TPSA) is 50.4 Å². The SMILES string of the molecule is CCCOc1cccc(NC(=O)C2NCCCC2(C)C)c1. The molecule has 0 aliphatic carbocycles. The summed E-state index contributed by atoms with van der Waals surface area (Å²) < 4.78 is 5.60. The van der Waals surface area contributed by atoms with Crippen LogP contribution in [0.25, 0.3) is 0 Å². The first-order chi connectivity index (χ1) is 10.0. The normalized spacial score (nSPS) is 20.8. The zero-order chi connectivity index (χ0) is 15.3. The molecule has 1 amide bonds. The Balaban J connectivity index is 2.02. The molecule has 116 valence electrons. The number of ether oxygens (including phenoxy) is 1. The first kappa shape index (κ1) is 15.8. The van der Waals surface area contributed by atoms with Crippen molar-refractivity contribution in [3.8, 4) is 5.75 Å². The van der Waals surface area contributed by atoms with Gasteiger partial charge in [-0.25, -0.2) is 0 Å². The molecule has 1 heterocycles. The summed E-state index contributed by atoms with van der Waals surface area (Å²) in [5, 5.41) is 6.34. The molecule has 1 aliphatic rings. The van der Waals surface area contributed by atoms with Gasteiger partial charge in [-0.05, 0) is 43.4 Å². The number of carbonyl (C=O) groups excluding carboxylic acids is 1. The maximum Gasteiger partial charge on any atom is 0.242 e. The predicted octanol–water partition coefficient (Wildman–Crippen LogP) is 3.19. The molecule has 1 aliphatic heterocycles. The van der Waals surface area contributed by atoms with Crippen LogP contribution >= 0.6 is 0 Å². The lowest BCUT2D eigenvalue weighted by atomic mass is 9.77. The summed E-state index contributed by atoms with van der Waals surface area (Å²) in [6.45, 7) is 7.95. The van der Waals surface area contributed by atoms with Crippen LogP contribution in [0.3, 0.4) is 0 Å². The van der Waals surface area contributed by atoms with Crippen LogP contribution in [-0.4, -0.2) is 25.1 Å². The molecule has 1 unspecified atom stereocenters. The number of nitrogens with one attached hydrogen (secondary N) is 2. The van der Waals surface area contributed by atoms with Gasteiger partial charge in [0.05, 0.1) is 12.6 Å². The Hall–Kier alpha value is -1.55. The van der Waals surface area contributed by atoms with Gasteiger partial charge < -0.3 is 15.4 Å². The van der Waals surface area contributed by atoms with Gasteiger partial charge in [-0.1, -0.05) is 26.8 Å². The quantitative estimate of drug-likeness (QED) is 0.875. The van der Waals surface area contributed by atoms with Crippen LogP contribution in [0.15, 0.2) is 24.3 Å². The van der Waals surface area contributed by atoms with E-state index in [1.165, 1.54) is 0 Å². The third kappa shape index (κ3) is 4.21. The second-order valence-corrected chi connectivity index (χ2v) is 6.34. The van der Waals surface area contributed by atoms with Crippen molar-refractivity contribution in [1.82, 2.24) is 5.32 Å². The van der Waals surface area contributed by atoms with Crippen LogP contribution < -0.4 is 15.4 Å². The molecule has 0 saturated carbocycles. The Morgan fingerprint density at radius 3 is 3.00 bits per heavy atom. The minimum Gasteiger partial charge on any atom is -0.494 e. The lowest BCUT2D eigenvalue weighted by Crippen LogP contribution is -2.53. The van der Waals surface area contributed by atoms with E-state index < -0.39 is 0 Å². The molecule has 2 rings (SSSR count). The fraction of sp³-hybridized carbons (Fsp3) is 0.588. The van der Waals surface area contributed by atoms with Gasteiger partial charge in [0.1, 0.15) is 5.75 Å². The van der Waals surface area contributed by atoms with Gasteiger partial charge in [-0.15, -0.1) is 0 Å². The summed E-state index contributed by atoms with van der Waals surface area (Å²) in [4.78, 5) is 12.5. The molecule has 0 radical (unpaired) electrons. The largest absolute Gasteiger partial charge is 0.494 e. The van der Waals surface area contributed by atoms with Crippen molar-refractivity contribution >= 4 is 11.6 Å². The minimum absolute atomic E-state index is 0.0152. The van der Waals surface area contributed by atoms with E-state index in [0.717, 1.165) is 37.2 Å². The zero-order valence-electron chi connectivity index (χ0n) is 13.2. The molecule has 4 nitrogen and oxygen atoms in total. The van der Waals surface area contributed by atoms with Crippen LogP contribution in [0.2, 0.25) is 0 Å². The molecule has 1 atom stereocenters. The van der Waals surface area contributed by atoms with E-state index in [4.69, 9.17) is 4.74 Å². The van der Waals surface area contributed by atoms with Crippen LogP contribution in [-0.2, 0) is 4.79 Å². The summed E-state index contributed by atoms with van der Waals surface area (Å²) >= 11 is 0. The van der Waals surface area contributed by atoms with Crippen LogP contribution in [0.5, 0.6) is 5.75 Å². The number of piperidine rings is 1. The Morgan fingerprint density at radius 1 is 1.48 bits per heavy atom. The van der Waals surface area contributed by atoms with Crippen molar-refractivity contribution in [2.24, 2.45) is 5.41 Å². The predicted molar refractivity (Wildman–Crippen MR) is 85.7 cm³/mol. The van der Waals surface area contributed by atoms with Crippen molar-refractivity contribution in [2.75, 3.05) is 18.5 Å². The average Bonchev–Trinajstić information content (AvgIpc) is 2.45. The molecule has 1 aromatic rings. The Kier molecular flexibility index (Phi) is 5.23. The van der Waals surface area contributed by atoms with E-state index in [9.17, 15) is 4.79 Å². The van der Waals surface area contributed by atoms with E-state index in [1.54, 1.807) is 0 Å². The van der Waals surface area contributed by atoms with Crippen molar-refractivity contribution < 1.29 is 9.53 Å². The molecule has 0 aromatic heterocycles. The second-order valence-electron chi connectivity index (χ2n) is 6.34. The fourth-order valence-corrected chi connectivity index (χ4v) is 2.76. The van der Waals surface area contributed by atoms with E-state index in [0.29, 0.717) is 6.61 Å². The highest BCUT2D eigenvalue weighted by Gasteiger charge is 2.37. The molecule has 0 spiro atoms. The third-order valence-corrected chi connectivity index (χ3v) is 3.96. The summed E-state index contributed by atoms with van der Waals surface area (Å²) in [5.74, 6) is 0.831. The minimum atomic E-state index is -0.147. The highest BCUT2D eigenvalue weighted by molar-refractivity contribution is 5.95. The molecule has 1 saturated heterocycles. The Labute approximate surface area is 127 Å². The molecular weight excluding hydrogens is 264 g/mol. The van der Waals surface area contributed by atoms with Gasteiger partial charge >= 0.3 is 0 Å². The highest BCUT2D eigenvalue weighted by Crippen LogP contribution is 2.31.